The number of fused-ring (bicyclic) bond motifs is 1. The molecule has 1 aliphatic heterocycles. The normalized spacial score (nSPS) is 15.8. The van der Waals surface area contributed by atoms with Crippen LogP contribution in [0.25, 0.3) is 0 Å². The highest BCUT2D eigenvalue weighted by atomic mass is 35.5. The standard InChI is InChI=1S/C21H24ClN3O2S/c1-25(14-15-6-3-2-4-7-15)11-5-10-23-20(26)13-19-21(27)24-17-12-16(22)8-9-18(17)28-19/h2-4,6-9,12,19H,5,10-11,13-14H2,1H3,(H,23,26)(H,24,27). The maximum Gasteiger partial charge on any atom is 0.238 e. The van der Waals surface area contributed by atoms with E-state index in [1.807, 2.05) is 24.3 Å². The van der Waals surface area contributed by atoms with Gasteiger partial charge in [-0.25, -0.2) is 0 Å². The molecule has 1 heterocycles. The van der Waals surface area contributed by atoms with E-state index in [1.54, 1.807) is 12.1 Å². The quantitative estimate of drug-likeness (QED) is 0.641. The monoisotopic (exact) mass is 417 g/mol. The topological polar surface area (TPSA) is 61.4 Å². The van der Waals surface area contributed by atoms with Crippen molar-refractivity contribution in [2.75, 3.05) is 25.5 Å². The lowest BCUT2D eigenvalue weighted by molar-refractivity contribution is -0.124. The third kappa shape index (κ3) is 5.99. The molecule has 0 saturated carbocycles. The van der Waals surface area contributed by atoms with Gasteiger partial charge in [-0.05, 0) is 43.8 Å². The van der Waals surface area contributed by atoms with E-state index in [1.165, 1.54) is 17.3 Å². The zero-order chi connectivity index (χ0) is 19.9. The number of halogens is 1. The highest BCUT2D eigenvalue weighted by molar-refractivity contribution is 8.01. The summed E-state index contributed by atoms with van der Waals surface area (Å²) in [6.07, 6.45) is 1.03. The first-order chi connectivity index (χ1) is 13.5. The van der Waals surface area contributed by atoms with Crippen molar-refractivity contribution in [1.82, 2.24) is 10.2 Å². The molecule has 1 atom stereocenters. The average molecular weight is 418 g/mol. The van der Waals surface area contributed by atoms with E-state index in [0.29, 0.717) is 17.3 Å². The molecule has 148 valence electrons. The average Bonchev–Trinajstić information content (AvgIpc) is 2.67. The molecule has 0 aliphatic carbocycles. The lowest BCUT2D eigenvalue weighted by Crippen LogP contribution is -2.35. The first kappa shape index (κ1) is 20.7. The Bertz CT molecular complexity index is 832. The predicted octanol–water partition coefficient (Wildman–Crippen LogP) is 3.78. The molecule has 3 rings (SSSR count). The summed E-state index contributed by atoms with van der Waals surface area (Å²) < 4.78 is 0. The van der Waals surface area contributed by atoms with Crippen LogP contribution in [0.15, 0.2) is 53.4 Å². The van der Waals surface area contributed by atoms with Crippen molar-refractivity contribution in [3.8, 4) is 0 Å². The number of hydrogen-bond acceptors (Lipinski definition) is 4. The molecule has 2 N–H and O–H groups in total. The largest absolute Gasteiger partial charge is 0.356 e. The number of anilines is 1. The molecule has 0 saturated heterocycles. The first-order valence-electron chi connectivity index (χ1n) is 9.27. The van der Waals surface area contributed by atoms with Crippen LogP contribution in [0.5, 0.6) is 0 Å². The minimum atomic E-state index is -0.422. The molecule has 1 aliphatic rings. The van der Waals surface area contributed by atoms with Crippen LogP contribution >= 0.6 is 23.4 Å². The molecule has 1 unspecified atom stereocenters. The number of thioether (sulfide) groups is 1. The Labute approximate surface area is 174 Å². The second kappa shape index (κ2) is 9.96. The van der Waals surface area contributed by atoms with Gasteiger partial charge in [0.05, 0.1) is 10.9 Å². The summed E-state index contributed by atoms with van der Waals surface area (Å²) in [5.74, 6) is -0.256. The van der Waals surface area contributed by atoms with Gasteiger partial charge < -0.3 is 15.5 Å². The van der Waals surface area contributed by atoms with Crippen LogP contribution in [0.2, 0.25) is 5.02 Å². The highest BCUT2D eigenvalue weighted by Crippen LogP contribution is 2.38. The van der Waals surface area contributed by atoms with E-state index < -0.39 is 5.25 Å². The summed E-state index contributed by atoms with van der Waals surface area (Å²) >= 11 is 7.36. The molecule has 5 nitrogen and oxygen atoms in total. The molecule has 0 fully saturated rings. The number of carbonyl (C=O) groups excluding carboxylic acids is 2. The first-order valence-corrected chi connectivity index (χ1v) is 10.5. The van der Waals surface area contributed by atoms with Crippen molar-refractivity contribution in [2.45, 2.75) is 29.5 Å². The highest BCUT2D eigenvalue weighted by Gasteiger charge is 2.28. The maximum atomic E-state index is 12.2. The summed E-state index contributed by atoms with van der Waals surface area (Å²) in [6.45, 7) is 2.38. The minimum Gasteiger partial charge on any atom is -0.356 e. The third-order valence-electron chi connectivity index (χ3n) is 4.47. The summed E-state index contributed by atoms with van der Waals surface area (Å²) in [5, 5.41) is 5.91. The van der Waals surface area contributed by atoms with Crippen LogP contribution in [-0.2, 0) is 16.1 Å². The van der Waals surface area contributed by atoms with Gasteiger partial charge in [0.15, 0.2) is 0 Å². The van der Waals surface area contributed by atoms with E-state index in [0.717, 1.165) is 24.4 Å². The van der Waals surface area contributed by atoms with E-state index in [-0.39, 0.29) is 18.2 Å². The molecule has 0 aromatic heterocycles. The van der Waals surface area contributed by atoms with Gasteiger partial charge in [0.2, 0.25) is 11.8 Å². The fourth-order valence-electron chi connectivity index (χ4n) is 3.05. The second-order valence-electron chi connectivity index (χ2n) is 6.87. The van der Waals surface area contributed by atoms with E-state index in [9.17, 15) is 9.59 Å². The summed E-state index contributed by atoms with van der Waals surface area (Å²) in [4.78, 5) is 27.6. The number of benzene rings is 2. The summed E-state index contributed by atoms with van der Waals surface area (Å²) in [6, 6.07) is 15.7. The van der Waals surface area contributed by atoms with Crippen LogP contribution in [0.3, 0.4) is 0 Å². The van der Waals surface area contributed by atoms with Crippen molar-refractivity contribution >= 4 is 40.9 Å². The molecule has 2 aromatic carbocycles. The summed E-state index contributed by atoms with van der Waals surface area (Å²) in [5.41, 5.74) is 1.98. The van der Waals surface area contributed by atoms with Crippen LogP contribution in [-0.4, -0.2) is 42.1 Å². The lowest BCUT2D eigenvalue weighted by atomic mass is 10.2. The van der Waals surface area contributed by atoms with Gasteiger partial charge in [-0.1, -0.05) is 41.9 Å². The number of carbonyl (C=O) groups is 2. The van der Waals surface area contributed by atoms with Gasteiger partial charge in [-0.3, -0.25) is 9.59 Å². The fraction of sp³-hybridized carbons (Fsp3) is 0.333. The lowest BCUT2D eigenvalue weighted by Gasteiger charge is -2.24. The summed E-state index contributed by atoms with van der Waals surface area (Å²) in [7, 11) is 2.07. The van der Waals surface area contributed by atoms with Crippen molar-refractivity contribution in [3.63, 3.8) is 0 Å². The molecule has 2 aromatic rings. The Morgan fingerprint density at radius 3 is 2.82 bits per heavy atom. The molecule has 7 heteroatoms. The number of nitrogens with zero attached hydrogens (tertiary/aromatic N) is 1. The van der Waals surface area contributed by atoms with Crippen LogP contribution < -0.4 is 10.6 Å². The van der Waals surface area contributed by atoms with Gasteiger partial charge in [-0.2, -0.15) is 0 Å². The SMILES string of the molecule is CN(CCCNC(=O)CC1Sc2ccc(Cl)cc2NC1=O)Cc1ccccc1. The number of nitrogens with one attached hydrogen (secondary N) is 2. The van der Waals surface area contributed by atoms with Gasteiger partial charge in [0.25, 0.3) is 0 Å². The van der Waals surface area contributed by atoms with Crippen LogP contribution in [0.4, 0.5) is 5.69 Å². The van der Waals surface area contributed by atoms with E-state index in [2.05, 4.69) is 34.7 Å². The molecular formula is C21H24ClN3O2S. The van der Waals surface area contributed by atoms with Crippen molar-refractivity contribution < 1.29 is 9.59 Å². The number of rotatable bonds is 8. The Kier molecular flexibility index (Phi) is 7.36. The van der Waals surface area contributed by atoms with Crippen molar-refractivity contribution in [3.05, 3.63) is 59.1 Å². The van der Waals surface area contributed by atoms with Gasteiger partial charge >= 0.3 is 0 Å². The Balaban J connectivity index is 1.37. The smallest absolute Gasteiger partial charge is 0.238 e. The zero-order valence-corrected chi connectivity index (χ0v) is 17.4. The Morgan fingerprint density at radius 2 is 2.04 bits per heavy atom. The minimum absolute atomic E-state index is 0.101. The van der Waals surface area contributed by atoms with Gasteiger partial charge in [0, 0.05) is 29.4 Å². The molecule has 0 radical (unpaired) electrons. The fourth-order valence-corrected chi connectivity index (χ4v) is 4.31. The van der Waals surface area contributed by atoms with Gasteiger partial charge in [0.1, 0.15) is 0 Å². The van der Waals surface area contributed by atoms with Crippen molar-refractivity contribution in [1.29, 1.82) is 0 Å². The second-order valence-corrected chi connectivity index (χ2v) is 8.55. The molecule has 2 amide bonds. The Hall–Kier alpha value is -2.02. The molecule has 0 spiro atoms. The number of amides is 2. The third-order valence-corrected chi connectivity index (χ3v) is 5.98. The Morgan fingerprint density at radius 1 is 1.25 bits per heavy atom. The van der Waals surface area contributed by atoms with E-state index in [4.69, 9.17) is 11.6 Å². The van der Waals surface area contributed by atoms with E-state index >= 15 is 0 Å². The molecule has 28 heavy (non-hydrogen) atoms. The van der Waals surface area contributed by atoms with Crippen LogP contribution in [0.1, 0.15) is 18.4 Å². The maximum absolute atomic E-state index is 12.2. The zero-order valence-electron chi connectivity index (χ0n) is 15.8. The number of hydrogen-bond donors (Lipinski definition) is 2. The van der Waals surface area contributed by atoms with Crippen molar-refractivity contribution in [2.24, 2.45) is 0 Å². The van der Waals surface area contributed by atoms with Crippen LogP contribution in [0, 0.1) is 0 Å². The molecular weight excluding hydrogens is 394 g/mol. The van der Waals surface area contributed by atoms with Gasteiger partial charge in [-0.15, -0.1) is 11.8 Å². The molecule has 0 bridgehead atoms. The predicted molar refractivity (Wildman–Crippen MR) is 115 cm³/mol.